The van der Waals surface area contributed by atoms with Crippen molar-refractivity contribution in [3.63, 3.8) is 0 Å². The molecule has 0 aromatic heterocycles. The summed E-state index contributed by atoms with van der Waals surface area (Å²) in [6, 6.07) is 0.872. The minimum Gasteiger partial charge on any atom is -0.402 e. The van der Waals surface area contributed by atoms with Crippen molar-refractivity contribution in [2.75, 3.05) is 5.32 Å². The van der Waals surface area contributed by atoms with Crippen molar-refractivity contribution >= 4 is 11.6 Å². The van der Waals surface area contributed by atoms with Gasteiger partial charge in [0.1, 0.15) is 0 Å². The highest BCUT2D eigenvalue weighted by Crippen LogP contribution is 2.37. The van der Waals surface area contributed by atoms with Gasteiger partial charge in [-0.15, -0.1) is 0 Å². The van der Waals surface area contributed by atoms with E-state index in [0.29, 0.717) is 12.1 Å². The maximum Gasteiger partial charge on any atom is 0.416 e. The van der Waals surface area contributed by atoms with Crippen molar-refractivity contribution in [2.45, 2.75) is 33.1 Å². The van der Waals surface area contributed by atoms with Gasteiger partial charge in [0.25, 0.3) is 5.91 Å². The SMILES string of the molecule is CC(N)=C(C(=O)Nc1cc(C(F)(F)F)cc(C(F)(F)F)c1)C(C)C. The highest BCUT2D eigenvalue weighted by Gasteiger charge is 2.37. The second-order valence-corrected chi connectivity index (χ2v) is 5.50. The number of halogens is 6. The van der Waals surface area contributed by atoms with Gasteiger partial charge in [-0.3, -0.25) is 4.79 Å². The summed E-state index contributed by atoms with van der Waals surface area (Å²) in [5.74, 6) is -1.21. The van der Waals surface area contributed by atoms with Gasteiger partial charge in [-0.1, -0.05) is 13.8 Å². The Hall–Kier alpha value is -2.19. The number of hydrogen-bond donors (Lipinski definition) is 2. The summed E-state index contributed by atoms with van der Waals surface area (Å²) in [4.78, 5) is 12.1. The molecule has 1 amide bonds. The number of alkyl halides is 6. The average molecular weight is 354 g/mol. The molecule has 0 aliphatic heterocycles. The second kappa shape index (κ2) is 6.74. The van der Waals surface area contributed by atoms with Crippen molar-refractivity contribution in [3.8, 4) is 0 Å². The van der Waals surface area contributed by atoms with Gasteiger partial charge in [-0.25, -0.2) is 0 Å². The first-order valence-electron chi connectivity index (χ1n) is 6.80. The maximum atomic E-state index is 12.8. The normalized spacial score (nSPS) is 13.8. The predicted octanol–water partition coefficient (Wildman–Crippen LogP) is 4.55. The third-order valence-electron chi connectivity index (χ3n) is 3.09. The third kappa shape index (κ3) is 4.90. The molecule has 3 nitrogen and oxygen atoms in total. The van der Waals surface area contributed by atoms with Crippen LogP contribution >= 0.6 is 0 Å². The Labute approximate surface area is 134 Å². The summed E-state index contributed by atoms with van der Waals surface area (Å²) in [6.07, 6.45) is -9.97. The summed E-state index contributed by atoms with van der Waals surface area (Å²) < 4.78 is 76.7. The zero-order valence-corrected chi connectivity index (χ0v) is 13.1. The van der Waals surface area contributed by atoms with E-state index >= 15 is 0 Å². The van der Waals surface area contributed by atoms with Crippen LogP contribution in [0.25, 0.3) is 0 Å². The lowest BCUT2D eigenvalue weighted by atomic mass is 10.00. The van der Waals surface area contributed by atoms with Gasteiger partial charge < -0.3 is 11.1 Å². The molecule has 24 heavy (non-hydrogen) atoms. The number of anilines is 1. The van der Waals surface area contributed by atoms with Gasteiger partial charge in [-0.05, 0) is 31.0 Å². The quantitative estimate of drug-likeness (QED) is 0.618. The monoisotopic (exact) mass is 354 g/mol. The Morgan fingerprint density at radius 1 is 1.00 bits per heavy atom. The van der Waals surface area contributed by atoms with E-state index in [1.54, 1.807) is 13.8 Å². The van der Waals surface area contributed by atoms with E-state index in [-0.39, 0.29) is 23.3 Å². The van der Waals surface area contributed by atoms with Crippen molar-refractivity contribution in [1.29, 1.82) is 0 Å². The standard InChI is InChI=1S/C15H16F6N2O/c1-7(2)12(8(3)22)13(24)23-11-5-9(14(16,17)18)4-10(6-11)15(19,20)21/h4-7H,22H2,1-3H3,(H,23,24). The molecule has 0 unspecified atom stereocenters. The van der Waals surface area contributed by atoms with Gasteiger partial charge >= 0.3 is 12.4 Å². The summed E-state index contributed by atoms with van der Waals surface area (Å²) >= 11 is 0. The molecule has 0 saturated heterocycles. The Balaban J connectivity index is 3.34. The Morgan fingerprint density at radius 2 is 1.42 bits per heavy atom. The first-order valence-corrected chi connectivity index (χ1v) is 6.80. The van der Waals surface area contributed by atoms with Crippen molar-refractivity contribution in [1.82, 2.24) is 0 Å². The number of nitrogens with one attached hydrogen (secondary N) is 1. The van der Waals surface area contributed by atoms with Crippen LogP contribution in [0.5, 0.6) is 0 Å². The highest BCUT2D eigenvalue weighted by atomic mass is 19.4. The fourth-order valence-electron chi connectivity index (χ4n) is 2.12. The molecular weight excluding hydrogens is 338 g/mol. The van der Waals surface area contributed by atoms with Crippen LogP contribution < -0.4 is 11.1 Å². The van der Waals surface area contributed by atoms with E-state index in [1.807, 2.05) is 0 Å². The maximum absolute atomic E-state index is 12.8. The van der Waals surface area contributed by atoms with Gasteiger partial charge in [0.05, 0.1) is 11.1 Å². The fourth-order valence-corrected chi connectivity index (χ4v) is 2.12. The summed E-state index contributed by atoms with van der Waals surface area (Å²) in [5, 5.41) is 2.05. The molecule has 0 heterocycles. The molecular formula is C15H16F6N2O. The molecule has 0 aliphatic carbocycles. The Kier molecular flexibility index (Phi) is 5.58. The number of hydrogen-bond acceptors (Lipinski definition) is 2. The molecule has 0 saturated carbocycles. The summed E-state index contributed by atoms with van der Waals surface area (Å²) in [5.41, 5.74) is 2.14. The van der Waals surface area contributed by atoms with E-state index in [1.165, 1.54) is 6.92 Å². The zero-order chi connectivity index (χ0) is 18.9. The summed E-state index contributed by atoms with van der Waals surface area (Å²) in [7, 11) is 0. The molecule has 0 fully saturated rings. The highest BCUT2D eigenvalue weighted by molar-refractivity contribution is 6.04. The first-order chi connectivity index (χ1) is 10.7. The average Bonchev–Trinajstić information content (AvgIpc) is 2.34. The van der Waals surface area contributed by atoms with Gasteiger partial charge in [0.15, 0.2) is 0 Å². The second-order valence-electron chi connectivity index (χ2n) is 5.50. The zero-order valence-electron chi connectivity index (χ0n) is 13.1. The smallest absolute Gasteiger partial charge is 0.402 e. The topological polar surface area (TPSA) is 55.1 Å². The molecule has 9 heteroatoms. The third-order valence-corrected chi connectivity index (χ3v) is 3.09. The number of carbonyl (C=O) groups excluding carboxylic acids is 1. The van der Waals surface area contributed by atoms with Crippen LogP contribution in [-0.4, -0.2) is 5.91 Å². The number of amides is 1. The lowest BCUT2D eigenvalue weighted by Gasteiger charge is -2.17. The van der Waals surface area contributed by atoms with Gasteiger partial charge in [0.2, 0.25) is 0 Å². The van der Waals surface area contributed by atoms with E-state index in [2.05, 4.69) is 5.32 Å². The number of rotatable bonds is 3. The van der Waals surface area contributed by atoms with Crippen LogP contribution in [0.4, 0.5) is 32.0 Å². The van der Waals surface area contributed by atoms with Crippen LogP contribution in [-0.2, 0) is 17.1 Å². The predicted molar refractivity (Wildman–Crippen MR) is 76.8 cm³/mol. The molecule has 134 valence electrons. The fraction of sp³-hybridized carbons (Fsp3) is 0.400. The molecule has 3 N–H and O–H groups in total. The Morgan fingerprint density at radius 3 is 1.71 bits per heavy atom. The number of benzene rings is 1. The molecule has 0 aliphatic rings. The van der Waals surface area contributed by atoms with Crippen LogP contribution in [0.1, 0.15) is 31.9 Å². The molecule has 1 aromatic rings. The molecule has 0 radical (unpaired) electrons. The van der Waals surface area contributed by atoms with Crippen LogP contribution in [0.15, 0.2) is 29.5 Å². The molecule has 0 spiro atoms. The molecule has 0 atom stereocenters. The number of carbonyl (C=O) groups is 1. The van der Waals surface area contributed by atoms with Crippen LogP contribution in [0, 0.1) is 5.92 Å². The van der Waals surface area contributed by atoms with E-state index in [4.69, 9.17) is 5.73 Å². The molecule has 0 bridgehead atoms. The lowest BCUT2D eigenvalue weighted by molar-refractivity contribution is -0.143. The summed E-state index contributed by atoms with van der Waals surface area (Å²) in [6.45, 7) is 4.67. The van der Waals surface area contributed by atoms with E-state index in [0.717, 1.165) is 0 Å². The van der Waals surface area contributed by atoms with Crippen molar-refractivity contribution in [3.05, 3.63) is 40.6 Å². The number of allylic oxidation sites excluding steroid dienone is 1. The van der Waals surface area contributed by atoms with Crippen LogP contribution in [0.3, 0.4) is 0 Å². The van der Waals surface area contributed by atoms with Crippen molar-refractivity contribution in [2.24, 2.45) is 11.7 Å². The van der Waals surface area contributed by atoms with Gasteiger partial charge in [-0.2, -0.15) is 26.3 Å². The molecule has 1 rings (SSSR count). The van der Waals surface area contributed by atoms with Crippen LogP contribution in [0.2, 0.25) is 0 Å². The lowest BCUT2D eigenvalue weighted by Crippen LogP contribution is -2.22. The Bertz CT molecular complexity index is 623. The first kappa shape index (κ1) is 19.9. The number of nitrogens with two attached hydrogens (primary N) is 1. The molecule has 1 aromatic carbocycles. The van der Waals surface area contributed by atoms with Gasteiger partial charge in [0, 0.05) is 17.0 Å². The van der Waals surface area contributed by atoms with E-state index < -0.39 is 35.1 Å². The minimum atomic E-state index is -4.98. The largest absolute Gasteiger partial charge is 0.416 e. The van der Waals surface area contributed by atoms with E-state index in [9.17, 15) is 31.1 Å². The minimum absolute atomic E-state index is 0.0109. The van der Waals surface area contributed by atoms with Crippen molar-refractivity contribution < 1.29 is 31.1 Å².